The lowest BCUT2D eigenvalue weighted by Crippen LogP contribution is -2.36. The van der Waals surface area contributed by atoms with Gasteiger partial charge < -0.3 is 4.90 Å². The van der Waals surface area contributed by atoms with Gasteiger partial charge in [-0.05, 0) is 42.9 Å². The second kappa shape index (κ2) is 7.37. The van der Waals surface area contributed by atoms with Crippen LogP contribution in [0.5, 0.6) is 0 Å². The van der Waals surface area contributed by atoms with Crippen molar-refractivity contribution in [1.82, 2.24) is 14.9 Å². The van der Waals surface area contributed by atoms with E-state index in [0.717, 1.165) is 23.3 Å². The number of halogens is 3. The first kappa shape index (κ1) is 20.3. The normalized spacial score (nSPS) is 19.3. The van der Waals surface area contributed by atoms with Crippen molar-refractivity contribution in [2.45, 2.75) is 43.9 Å². The predicted octanol–water partition coefficient (Wildman–Crippen LogP) is 3.88. The molecule has 0 saturated heterocycles. The molecule has 2 aliphatic rings. The van der Waals surface area contributed by atoms with E-state index >= 15 is 4.39 Å². The molecule has 2 aliphatic carbocycles. The van der Waals surface area contributed by atoms with Crippen molar-refractivity contribution < 1.29 is 24.2 Å². The summed E-state index contributed by atoms with van der Waals surface area (Å²) in [6, 6.07) is 2.90. The monoisotopic (exact) mass is 420 g/mol. The number of nitrogens with zero attached hydrogens (tertiary/aromatic N) is 3. The van der Waals surface area contributed by atoms with Crippen LogP contribution < -0.4 is 5.32 Å². The Bertz CT molecular complexity index is 1010. The fraction of sp³-hybridized carbons (Fsp3) is 0.429. The summed E-state index contributed by atoms with van der Waals surface area (Å²) in [5.41, 5.74) is 0.854. The molecule has 0 bridgehead atoms. The van der Waals surface area contributed by atoms with Crippen LogP contribution in [-0.2, 0) is 4.79 Å². The Morgan fingerprint density at radius 1 is 1.27 bits per heavy atom. The number of anilines is 1. The summed E-state index contributed by atoms with van der Waals surface area (Å²) < 4.78 is 42.6. The minimum atomic E-state index is -3.02. The van der Waals surface area contributed by atoms with E-state index in [1.807, 2.05) is 0 Å². The molecule has 4 rings (SSSR count). The predicted molar refractivity (Wildman–Crippen MR) is 105 cm³/mol. The molecule has 1 heterocycles. The Hall–Kier alpha value is -2.97. The summed E-state index contributed by atoms with van der Waals surface area (Å²) in [6.07, 6.45) is 4.21. The molecule has 0 spiro atoms. The quantitative estimate of drug-likeness (QED) is 0.770. The van der Waals surface area contributed by atoms with E-state index in [9.17, 15) is 18.4 Å². The summed E-state index contributed by atoms with van der Waals surface area (Å²) >= 11 is 0. The molecule has 0 aliphatic heterocycles. The lowest BCUT2D eigenvalue weighted by atomic mass is 9.96. The van der Waals surface area contributed by atoms with E-state index in [4.69, 9.17) is 0 Å². The maximum Gasteiger partial charge on any atom is 0.256 e. The van der Waals surface area contributed by atoms with Crippen LogP contribution in [0.3, 0.4) is 0 Å². The molecule has 2 fully saturated rings. The van der Waals surface area contributed by atoms with Crippen molar-refractivity contribution in [2.24, 2.45) is 0 Å². The molecule has 1 atom stereocenters. The molecule has 0 radical (unpaired) electrons. The minimum Gasteiger partial charge on any atom is -0.332 e. The number of nitrogens with one attached hydrogen (secondary N) is 1. The van der Waals surface area contributed by atoms with Crippen LogP contribution in [0.1, 0.15) is 59.6 Å². The van der Waals surface area contributed by atoms with Gasteiger partial charge in [0.2, 0.25) is 11.9 Å². The van der Waals surface area contributed by atoms with E-state index in [1.54, 1.807) is 6.92 Å². The molecule has 6 nitrogen and oxygen atoms in total. The zero-order valence-corrected chi connectivity index (χ0v) is 16.6. The molecule has 1 N–H and O–H groups in total. The Morgan fingerprint density at radius 3 is 2.47 bits per heavy atom. The van der Waals surface area contributed by atoms with Gasteiger partial charge in [0.05, 0.1) is 12.5 Å². The standard InChI is InChI=1S/C21H21F3N4O2.H2/c1-11-8-25-20(26-9-11)27-16(29)10-28(2)19(30)14-6-5-13(12-3-4-12)18(22)17(14)15-7-21(15,23)24;/h5-6,8-9,12,15H,3-4,7,10H2,1-2H3,(H,25,26,27,29);1H/t15-;/m0./s1. The van der Waals surface area contributed by atoms with Crippen LogP contribution in [0.15, 0.2) is 24.5 Å². The lowest BCUT2D eigenvalue weighted by Gasteiger charge is -2.20. The maximum atomic E-state index is 15.1. The van der Waals surface area contributed by atoms with Crippen LogP contribution in [-0.4, -0.2) is 46.2 Å². The molecular formula is C21H23F3N4O2. The highest BCUT2D eigenvalue weighted by atomic mass is 19.3. The number of aromatic nitrogens is 2. The lowest BCUT2D eigenvalue weighted by molar-refractivity contribution is -0.116. The number of hydrogen-bond donors (Lipinski definition) is 1. The third-order valence-corrected chi connectivity index (χ3v) is 5.39. The van der Waals surface area contributed by atoms with Crippen LogP contribution in [0.25, 0.3) is 0 Å². The molecule has 160 valence electrons. The molecule has 1 aromatic carbocycles. The van der Waals surface area contributed by atoms with E-state index in [-0.39, 0.29) is 31.0 Å². The Balaban J connectivity index is 0.00000272. The number of alkyl halides is 2. The summed E-state index contributed by atoms with van der Waals surface area (Å²) in [5, 5.41) is 2.46. The van der Waals surface area contributed by atoms with Crippen molar-refractivity contribution in [1.29, 1.82) is 0 Å². The third kappa shape index (κ3) is 4.01. The Morgan fingerprint density at radius 2 is 1.90 bits per heavy atom. The number of hydrogen-bond acceptors (Lipinski definition) is 4. The van der Waals surface area contributed by atoms with Gasteiger partial charge in [0.25, 0.3) is 11.8 Å². The average Bonchev–Trinajstić information content (AvgIpc) is 3.60. The number of aryl methyl sites for hydroxylation is 1. The van der Waals surface area contributed by atoms with Crippen LogP contribution in [0.2, 0.25) is 0 Å². The van der Waals surface area contributed by atoms with Gasteiger partial charge in [-0.1, -0.05) is 6.07 Å². The highest BCUT2D eigenvalue weighted by molar-refractivity contribution is 6.00. The number of amides is 2. The summed E-state index contributed by atoms with van der Waals surface area (Å²) in [6.45, 7) is 1.44. The number of benzene rings is 1. The minimum absolute atomic E-state index is 0. The van der Waals surface area contributed by atoms with Gasteiger partial charge in [-0.25, -0.2) is 23.1 Å². The molecule has 2 amide bonds. The third-order valence-electron chi connectivity index (χ3n) is 5.39. The van der Waals surface area contributed by atoms with Crippen molar-refractivity contribution in [2.75, 3.05) is 18.9 Å². The van der Waals surface area contributed by atoms with E-state index < -0.39 is 35.9 Å². The van der Waals surface area contributed by atoms with E-state index in [0.29, 0.717) is 5.56 Å². The largest absolute Gasteiger partial charge is 0.332 e. The van der Waals surface area contributed by atoms with Gasteiger partial charge in [0.15, 0.2) is 0 Å². The highest BCUT2D eigenvalue weighted by Gasteiger charge is 2.60. The number of rotatable bonds is 6. The van der Waals surface area contributed by atoms with E-state index in [2.05, 4.69) is 15.3 Å². The highest BCUT2D eigenvalue weighted by Crippen LogP contribution is 2.58. The van der Waals surface area contributed by atoms with Crippen LogP contribution in [0.4, 0.5) is 19.1 Å². The topological polar surface area (TPSA) is 75.2 Å². The Labute approximate surface area is 173 Å². The van der Waals surface area contributed by atoms with Gasteiger partial charge in [-0.3, -0.25) is 14.9 Å². The van der Waals surface area contributed by atoms with Crippen molar-refractivity contribution in [3.8, 4) is 0 Å². The maximum absolute atomic E-state index is 15.1. The molecule has 30 heavy (non-hydrogen) atoms. The average molecular weight is 420 g/mol. The number of carbonyl (C=O) groups is 2. The second-order valence-electron chi connectivity index (χ2n) is 8.02. The molecule has 9 heteroatoms. The summed E-state index contributed by atoms with van der Waals surface area (Å²) in [7, 11) is 1.36. The van der Waals surface area contributed by atoms with Crippen molar-refractivity contribution in [3.63, 3.8) is 0 Å². The van der Waals surface area contributed by atoms with Crippen molar-refractivity contribution >= 4 is 17.8 Å². The number of likely N-dealkylation sites (N-methyl/N-ethyl adjacent to an activating group) is 1. The van der Waals surface area contributed by atoms with Gasteiger partial charge in [0.1, 0.15) is 5.82 Å². The first-order valence-corrected chi connectivity index (χ1v) is 9.71. The van der Waals surface area contributed by atoms with Crippen LogP contribution >= 0.6 is 0 Å². The zero-order chi connectivity index (χ0) is 21.6. The van der Waals surface area contributed by atoms with Crippen molar-refractivity contribution in [3.05, 3.63) is 52.6 Å². The first-order chi connectivity index (χ1) is 14.2. The second-order valence-corrected chi connectivity index (χ2v) is 8.02. The number of carbonyl (C=O) groups excluding carboxylic acids is 2. The SMILES string of the molecule is Cc1cnc(NC(=O)CN(C)C(=O)c2ccc(C3CC3)c(F)c2[C@@H]2CC2(F)F)nc1.[HH]. The fourth-order valence-corrected chi connectivity index (χ4v) is 3.49. The molecule has 0 unspecified atom stereocenters. The summed E-state index contributed by atoms with van der Waals surface area (Å²) in [5.74, 6) is -6.16. The first-order valence-electron chi connectivity index (χ1n) is 9.71. The Kier molecular flexibility index (Phi) is 4.99. The van der Waals surface area contributed by atoms with Gasteiger partial charge in [-0.2, -0.15) is 0 Å². The molecule has 2 aromatic rings. The van der Waals surface area contributed by atoms with Crippen LogP contribution in [0, 0.1) is 12.7 Å². The van der Waals surface area contributed by atoms with Gasteiger partial charge in [0, 0.05) is 38.4 Å². The molecule has 2 saturated carbocycles. The smallest absolute Gasteiger partial charge is 0.256 e. The zero-order valence-electron chi connectivity index (χ0n) is 16.6. The molecular weight excluding hydrogens is 397 g/mol. The van der Waals surface area contributed by atoms with Gasteiger partial charge >= 0.3 is 0 Å². The molecule has 1 aromatic heterocycles. The fourth-order valence-electron chi connectivity index (χ4n) is 3.49. The summed E-state index contributed by atoms with van der Waals surface area (Å²) in [4.78, 5) is 34.1. The van der Waals surface area contributed by atoms with E-state index in [1.165, 1.54) is 31.6 Å². The van der Waals surface area contributed by atoms with Gasteiger partial charge in [-0.15, -0.1) is 0 Å².